The molecule has 0 unspecified atom stereocenters. The number of urea groups is 1. The summed E-state index contributed by atoms with van der Waals surface area (Å²) in [6.07, 6.45) is 4.85. The summed E-state index contributed by atoms with van der Waals surface area (Å²) in [5.74, 6) is 0. The molecule has 8 heteroatoms. The molecular weight excluding hydrogens is 292 g/mol. The summed E-state index contributed by atoms with van der Waals surface area (Å²) < 4.78 is 26.2. The summed E-state index contributed by atoms with van der Waals surface area (Å²) in [6, 6.07) is 5.70. The van der Waals surface area contributed by atoms with Gasteiger partial charge in [-0.25, -0.2) is 17.9 Å². The highest BCUT2D eigenvalue weighted by molar-refractivity contribution is 7.89. The number of hydrogen-bond donors (Lipinski definition) is 2. The molecule has 0 aliphatic carbocycles. The standard InChI is InChI=1S/C13H16N4O3S/c1-2-15-21(19,20)12-6-3-5-11(9-12)16-13(18)17-8-4-7-14-10-17/h3-9,15H,2,10H2,1H3,(H,16,18). The summed E-state index contributed by atoms with van der Waals surface area (Å²) in [5, 5.41) is 2.64. The monoisotopic (exact) mass is 308 g/mol. The van der Waals surface area contributed by atoms with Crippen LogP contribution in [0.2, 0.25) is 0 Å². The maximum Gasteiger partial charge on any atom is 0.327 e. The van der Waals surface area contributed by atoms with Crippen LogP contribution < -0.4 is 10.0 Å². The van der Waals surface area contributed by atoms with E-state index in [-0.39, 0.29) is 17.6 Å². The van der Waals surface area contributed by atoms with E-state index in [1.165, 1.54) is 17.0 Å². The Bertz CT molecular complexity index is 682. The Morgan fingerprint density at radius 2 is 2.24 bits per heavy atom. The van der Waals surface area contributed by atoms with Crippen molar-refractivity contribution in [1.29, 1.82) is 0 Å². The number of amides is 2. The van der Waals surface area contributed by atoms with Crippen LogP contribution in [-0.4, -0.2) is 38.8 Å². The summed E-state index contributed by atoms with van der Waals surface area (Å²) in [6.45, 7) is 2.24. The second-order valence-electron chi connectivity index (χ2n) is 4.24. The molecule has 112 valence electrons. The average Bonchev–Trinajstić information content (AvgIpc) is 2.48. The Morgan fingerprint density at radius 1 is 1.43 bits per heavy atom. The number of rotatable bonds is 4. The van der Waals surface area contributed by atoms with Gasteiger partial charge in [0.2, 0.25) is 10.0 Å². The smallest absolute Gasteiger partial charge is 0.307 e. The molecule has 1 aromatic rings. The van der Waals surface area contributed by atoms with Crippen LogP contribution in [0, 0.1) is 0 Å². The number of sulfonamides is 1. The lowest BCUT2D eigenvalue weighted by Crippen LogP contribution is -2.32. The first-order valence-electron chi connectivity index (χ1n) is 6.37. The van der Waals surface area contributed by atoms with Crippen LogP contribution in [0.15, 0.2) is 46.4 Å². The van der Waals surface area contributed by atoms with Gasteiger partial charge < -0.3 is 5.32 Å². The number of allylic oxidation sites excluding steroid dienone is 1. The van der Waals surface area contributed by atoms with Gasteiger partial charge >= 0.3 is 6.03 Å². The van der Waals surface area contributed by atoms with Crippen LogP contribution in [0.25, 0.3) is 0 Å². The number of benzene rings is 1. The minimum Gasteiger partial charge on any atom is -0.307 e. The zero-order valence-electron chi connectivity index (χ0n) is 11.5. The number of hydrogen-bond acceptors (Lipinski definition) is 4. The molecule has 2 amide bonds. The maximum atomic E-state index is 12.0. The fourth-order valence-electron chi connectivity index (χ4n) is 1.73. The van der Waals surface area contributed by atoms with E-state index in [9.17, 15) is 13.2 Å². The molecule has 1 heterocycles. The minimum absolute atomic E-state index is 0.106. The van der Waals surface area contributed by atoms with Gasteiger partial charge in [-0.3, -0.25) is 9.89 Å². The Morgan fingerprint density at radius 3 is 2.90 bits per heavy atom. The predicted octanol–water partition coefficient (Wildman–Crippen LogP) is 1.37. The summed E-state index contributed by atoms with van der Waals surface area (Å²) in [4.78, 5) is 17.4. The van der Waals surface area contributed by atoms with E-state index in [0.717, 1.165) is 0 Å². The first-order valence-corrected chi connectivity index (χ1v) is 7.85. The Labute approximate surface area is 123 Å². The number of aliphatic imine (C=N–C) groups is 1. The average molecular weight is 308 g/mol. The molecule has 1 aromatic carbocycles. The fraction of sp³-hybridized carbons (Fsp3) is 0.231. The largest absolute Gasteiger partial charge is 0.327 e. The van der Waals surface area contributed by atoms with Crippen molar-refractivity contribution in [1.82, 2.24) is 9.62 Å². The maximum absolute atomic E-state index is 12.0. The number of anilines is 1. The molecule has 0 fully saturated rings. The van der Waals surface area contributed by atoms with Crippen LogP contribution in [-0.2, 0) is 10.0 Å². The third-order valence-corrected chi connectivity index (χ3v) is 4.23. The van der Waals surface area contributed by atoms with Crippen molar-refractivity contribution in [2.24, 2.45) is 4.99 Å². The van der Waals surface area contributed by atoms with E-state index < -0.39 is 10.0 Å². The first kappa shape index (κ1) is 15.2. The first-order chi connectivity index (χ1) is 10.0. The van der Waals surface area contributed by atoms with Crippen LogP contribution in [0.5, 0.6) is 0 Å². The zero-order valence-corrected chi connectivity index (χ0v) is 12.3. The van der Waals surface area contributed by atoms with E-state index >= 15 is 0 Å². The van der Waals surface area contributed by atoms with Crippen molar-refractivity contribution >= 4 is 28.0 Å². The normalized spacial score (nSPS) is 14.2. The Balaban J connectivity index is 2.13. The summed E-state index contributed by atoms with van der Waals surface area (Å²) in [7, 11) is -3.55. The quantitative estimate of drug-likeness (QED) is 0.880. The summed E-state index contributed by atoms with van der Waals surface area (Å²) in [5.41, 5.74) is 0.405. The Kier molecular flexibility index (Phi) is 4.71. The lowest BCUT2D eigenvalue weighted by atomic mass is 10.3. The molecule has 0 aromatic heterocycles. The van der Waals surface area contributed by atoms with Gasteiger partial charge in [-0.2, -0.15) is 0 Å². The highest BCUT2D eigenvalue weighted by Gasteiger charge is 2.15. The van der Waals surface area contributed by atoms with Gasteiger partial charge in [-0.1, -0.05) is 13.0 Å². The molecule has 21 heavy (non-hydrogen) atoms. The van der Waals surface area contributed by atoms with Gasteiger partial charge in [0.1, 0.15) is 6.67 Å². The zero-order chi connectivity index (χ0) is 15.3. The molecule has 0 saturated carbocycles. The van der Waals surface area contributed by atoms with E-state index in [1.807, 2.05) is 0 Å². The molecule has 2 rings (SSSR count). The van der Waals surface area contributed by atoms with Crippen LogP contribution in [0.4, 0.5) is 10.5 Å². The molecule has 1 aliphatic heterocycles. The van der Waals surface area contributed by atoms with Crippen molar-refractivity contribution in [3.8, 4) is 0 Å². The van der Waals surface area contributed by atoms with Gasteiger partial charge in [0, 0.05) is 24.6 Å². The van der Waals surface area contributed by atoms with Gasteiger partial charge in [-0.15, -0.1) is 0 Å². The van der Waals surface area contributed by atoms with Crippen LogP contribution in [0.1, 0.15) is 6.92 Å². The van der Waals surface area contributed by atoms with Crippen molar-refractivity contribution in [2.45, 2.75) is 11.8 Å². The Hall–Kier alpha value is -2.19. The molecule has 0 spiro atoms. The van der Waals surface area contributed by atoms with E-state index in [0.29, 0.717) is 12.2 Å². The SMILES string of the molecule is CCNS(=O)(=O)c1cccc(NC(=O)N2C=CC=NC2)c1. The number of nitrogens with zero attached hydrogens (tertiary/aromatic N) is 2. The lowest BCUT2D eigenvalue weighted by molar-refractivity contribution is 0.229. The number of carbonyl (C=O) groups is 1. The van der Waals surface area contributed by atoms with E-state index in [2.05, 4.69) is 15.0 Å². The molecule has 0 radical (unpaired) electrons. The lowest BCUT2D eigenvalue weighted by Gasteiger charge is -2.18. The second kappa shape index (κ2) is 6.51. The van der Waals surface area contributed by atoms with Crippen molar-refractivity contribution in [2.75, 3.05) is 18.5 Å². The van der Waals surface area contributed by atoms with Gasteiger partial charge in [0.15, 0.2) is 0 Å². The molecule has 0 bridgehead atoms. The highest BCUT2D eigenvalue weighted by Crippen LogP contribution is 2.16. The molecule has 7 nitrogen and oxygen atoms in total. The molecule has 2 N–H and O–H groups in total. The van der Waals surface area contributed by atoms with Gasteiger partial charge in [0.05, 0.1) is 4.90 Å². The minimum atomic E-state index is -3.55. The molecule has 1 aliphatic rings. The van der Waals surface area contributed by atoms with Gasteiger partial charge in [-0.05, 0) is 24.3 Å². The highest BCUT2D eigenvalue weighted by atomic mass is 32.2. The van der Waals surface area contributed by atoms with Crippen molar-refractivity contribution < 1.29 is 13.2 Å². The predicted molar refractivity (Wildman–Crippen MR) is 80.7 cm³/mol. The van der Waals surface area contributed by atoms with Gasteiger partial charge in [0.25, 0.3) is 0 Å². The second-order valence-corrected chi connectivity index (χ2v) is 6.01. The molecular formula is C13H16N4O3S. The van der Waals surface area contributed by atoms with Crippen molar-refractivity contribution in [3.63, 3.8) is 0 Å². The fourth-order valence-corrected chi connectivity index (χ4v) is 2.81. The summed E-state index contributed by atoms with van der Waals surface area (Å²) >= 11 is 0. The van der Waals surface area contributed by atoms with E-state index in [1.54, 1.807) is 37.5 Å². The van der Waals surface area contributed by atoms with Crippen LogP contribution in [0.3, 0.4) is 0 Å². The number of carbonyl (C=O) groups excluding carboxylic acids is 1. The van der Waals surface area contributed by atoms with E-state index in [4.69, 9.17) is 0 Å². The third-order valence-electron chi connectivity index (χ3n) is 2.68. The molecule has 0 saturated heterocycles. The third kappa shape index (κ3) is 3.89. The van der Waals surface area contributed by atoms with Crippen molar-refractivity contribution in [3.05, 3.63) is 36.5 Å². The molecule has 0 atom stereocenters. The van der Waals surface area contributed by atoms with Crippen LogP contribution >= 0.6 is 0 Å². The number of nitrogens with one attached hydrogen (secondary N) is 2. The topological polar surface area (TPSA) is 90.9 Å².